The minimum absolute atomic E-state index is 0.399. The Morgan fingerprint density at radius 3 is 2.95 bits per heavy atom. The smallest absolute Gasteiger partial charge is 0.240 e. The van der Waals surface area contributed by atoms with E-state index in [0.717, 1.165) is 29.0 Å². The number of anilines is 2. The van der Waals surface area contributed by atoms with Crippen molar-refractivity contribution in [1.29, 1.82) is 0 Å². The van der Waals surface area contributed by atoms with E-state index in [0.29, 0.717) is 11.7 Å². The summed E-state index contributed by atoms with van der Waals surface area (Å²) in [5.74, 6) is 7.23. The summed E-state index contributed by atoms with van der Waals surface area (Å²) < 4.78 is 11.0. The van der Waals surface area contributed by atoms with Gasteiger partial charge in [-0.15, -0.1) is 11.3 Å². The second-order valence-corrected chi connectivity index (χ2v) is 6.96. The van der Waals surface area contributed by atoms with E-state index in [-0.39, 0.29) is 0 Å². The van der Waals surface area contributed by atoms with Crippen molar-refractivity contribution in [3.05, 3.63) is 10.9 Å². The molecule has 1 atom stereocenters. The third-order valence-corrected chi connectivity index (χ3v) is 4.35. The van der Waals surface area contributed by atoms with Crippen LogP contribution in [0.1, 0.15) is 11.3 Å². The lowest BCUT2D eigenvalue weighted by Gasteiger charge is -2.07. The Morgan fingerprint density at radius 1 is 1.47 bits per heavy atom. The fraction of sp³-hybridized carbons (Fsp3) is 0.455. The average Bonchev–Trinajstić information content (AvgIpc) is 2.74. The van der Waals surface area contributed by atoms with Gasteiger partial charge in [-0.3, -0.25) is 9.63 Å². The van der Waals surface area contributed by atoms with E-state index in [1.807, 2.05) is 6.92 Å². The first-order chi connectivity index (χ1) is 9.10. The van der Waals surface area contributed by atoms with Gasteiger partial charge in [0.2, 0.25) is 5.95 Å². The summed E-state index contributed by atoms with van der Waals surface area (Å²) in [5, 5.41) is 4.26. The maximum Gasteiger partial charge on any atom is 0.240 e. The lowest BCUT2D eigenvalue weighted by molar-refractivity contribution is 0.685. The highest BCUT2D eigenvalue weighted by Gasteiger charge is 2.09. The van der Waals surface area contributed by atoms with E-state index in [1.165, 1.54) is 4.88 Å². The Labute approximate surface area is 118 Å². The lowest BCUT2D eigenvalue weighted by atomic mass is 10.3. The molecule has 0 spiro atoms. The highest BCUT2D eigenvalue weighted by molar-refractivity contribution is 7.84. The molecule has 0 aliphatic rings. The van der Waals surface area contributed by atoms with Gasteiger partial charge in [-0.2, -0.15) is 4.98 Å². The standard InChI is InChI=1S/C11H17N5OS2/c1-7-6-8-9(13-4-3-5-19(2)17)14-11(16-12)15-10(8)18-7/h6H,3-5,12H2,1-2H3,(H2,13,14,15,16). The van der Waals surface area contributed by atoms with Crippen LogP contribution in [0.4, 0.5) is 11.8 Å². The number of nitrogen functional groups attached to an aromatic ring is 1. The molecule has 2 aromatic rings. The summed E-state index contributed by atoms with van der Waals surface area (Å²) in [6.07, 6.45) is 2.55. The van der Waals surface area contributed by atoms with E-state index >= 15 is 0 Å². The highest BCUT2D eigenvalue weighted by Crippen LogP contribution is 2.29. The highest BCUT2D eigenvalue weighted by atomic mass is 32.2. The molecule has 0 aromatic carbocycles. The maximum atomic E-state index is 11.0. The predicted octanol–water partition coefficient (Wildman–Crippen LogP) is 1.47. The average molecular weight is 299 g/mol. The van der Waals surface area contributed by atoms with Crippen molar-refractivity contribution in [2.24, 2.45) is 5.84 Å². The number of aryl methyl sites for hydroxylation is 1. The summed E-state index contributed by atoms with van der Waals surface area (Å²) in [7, 11) is -0.755. The van der Waals surface area contributed by atoms with Crippen LogP contribution in [0.15, 0.2) is 6.07 Å². The van der Waals surface area contributed by atoms with Gasteiger partial charge in [0.1, 0.15) is 10.6 Å². The van der Waals surface area contributed by atoms with Crippen molar-refractivity contribution < 1.29 is 4.21 Å². The van der Waals surface area contributed by atoms with Gasteiger partial charge in [-0.25, -0.2) is 10.8 Å². The Kier molecular flexibility index (Phi) is 4.67. The first kappa shape index (κ1) is 14.2. The summed E-state index contributed by atoms with van der Waals surface area (Å²) in [5.41, 5.74) is 2.47. The first-order valence-electron chi connectivity index (χ1n) is 5.89. The fourth-order valence-corrected chi connectivity index (χ4v) is 3.15. The molecule has 0 bridgehead atoms. The van der Waals surface area contributed by atoms with Crippen molar-refractivity contribution in [3.63, 3.8) is 0 Å². The molecule has 0 fully saturated rings. The number of thiophene rings is 1. The summed E-state index contributed by atoms with van der Waals surface area (Å²) in [6.45, 7) is 2.76. The molecule has 2 aromatic heterocycles. The van der Waals surface area contributed by atoms with Crippen LogP contribution in [0.25, 0.3) is 10.2 Å². The van der Waals surface area contributed by atoms with Crippen molar-refractivity contribution in [1.82, 2.24) is 9.97 Å². The molecule has 19 heavy (non-hydrogen) atoms. The van der Waals surface area contributed by atoms with E-state index in [9.17, 15) is 4.21 Å². The molecule has 0 aliphatic carbocycles. The van der Waals surface area contributed by atoms with E-state index in [4.69, 9.17) is 5.84 Å². The van der Waals surface area contributed by atoms with Crippen molar-refractivity contribution in [2.75, 3.05) is 29.3 Å². The number of aromatic nitrogens is 2. The number of hydrogen-bond acceptors (Lipinski definition) is 7. The topological polar surface area (TPSA) is 92.9 Å². The second-order valence-electron chi connectivity index (χ2n) is 4.17. The van der Waals surface area contributed by atoms with Crippen LogP contribution in [-0.4, -0.2) is 32.7 Å². The molecule has 0 radical (unpaired) electrons. The Morgan fingerprint density at radius 2 is 2.26 bits per heavy atom. The molecule has 4 N–H and O–H groups in total. The first-order valence-corrected chi connectivity index (χ1v) is 8.43. The Balaban J connectivity index is 2.17. The normalized spacial score (nSPS) is 12.6. The van der Waals surface area contributed by atoms with E-state index in [2.05, 4.69) is 26.8 Å². The Bertz CT molecular complexity index is 598. The molecule has 2 rings (SSSR count). The molecule has 6 nitrogen and oxygen atoms in total. The quantitative estimate of drug-likeness (QED) is 0.425. The van der Waals surface area contributed by atoms with Crippen molar-refractivity contribution >= 4 is 44.1 Å². The van der Waals surface area contributed by atoms with Gasteiger partial charge in [0.25, 0.3) is 0 Å². The molecule has 8 heteroatoms. The monoisotopic (exact) mass is 299 g/mol. The van der Waals surface area contributed by atoms with Crippen LogP contribution in [0.3, 0.4) is 0 Å². The van der Waals surface area contributed by atoms with Gasteiger partial charge in [-0.05, 0) is 19.4 Å². The van der Waals surface area contributed by atoms with Crippen LogP contribution < -0.4 is 16.6 Å². The van der Waals surface area contributed by atoms with E-state index < -0.39 is 10.8 Å². The number of hydrogen-bond donors (Lipinski definition) is 3. The number of rotatable bonds is 6. The molecule has 0 saturated heterocycles. The minimum Gasteiger partial charge on any atom is -0.369 e. The zero-order valence-corrected chi connectivity index (χ0v) is 12.5. The number of nitrogens with one attached hydrogen (secondary N) is 2. The molecule has 1 unspecified atom stereocenters. The van der Waals surface area contributed by atoms with Crippen LogP contribution >= 0.6 is 11.3 Å². The summed E-state index contributed by atoms with van der Waals surface area (Å²) in [4.78, 5) is 10.7. The molecule has 0 aliphatic heterocycles. The molecule has 104 valence electrons. The molecule has 2 heterocycles. The number of fused-ring (bicyclic) bond motifs is 1. The third kappa shape index (κ3) is 3.62. The SMILES string of the molecule is Cc1cc2c(NCCCS(C)=O)nc(NN)nc2s1. The van der Waals surface area contributed by atoms with Crippen LogP contribution in [0.5, 0.6) is 0 Å². The van der Waals surface area contributed by atoms with Gasteiger partial charge >= 0.3 is 0 Å². The zero-order valence-electron chi connectivity index (χ0n) is 10.9. The predicted molar refractivity (Wildman–Crippen MR) is 82.0 cm³/mol. The van der Waals surface area contributed by atoms with Crippen molar-refractivity contribution in [3.8, 4) is 0 Å². The third-order valence-electron chi connectivity index (χ3n) is 2.55. The van der Waals surface area contributed by atoms with E-state index in [1.54, 1.807) is 17.6 Å². The van der Waals surface area contributed by atoms with Crippen molar-refractivity contribution in [2.45, 2.75) is 13.3 Å². The van der Waals surface area contributed by atoms with Gasteiger partial charge in [0, 0.05) is 34.2 Å². The minimum atomic E-state index is -0.755. The fourth-order valence-electron chi connectivity index (χ4n) is 1.72. The number of nitrogens with zero attached hydrogens (tertiary/aromatic N) is 2. The van der Waals surface area contributed by atoms with Crippen LogP contribution in [-0.2, 0) is 10.8 Å². The van der Waals surface area contributed by atoms with Gasteiger partial charge in [-0.1, -0.05) is 0 Å². The number of hydrazine groups is 1. The zero-order chi connectivity index (χ0) is 13.8. The van der Waals surface area contributed by atoms with Gasteiger partial charge < -0.3 is 5.32 Å². The van der Waals surface area contributed by atoms with Gasteiger partial charge in [0.15, 0.2) is 0 Å². The van der Waals surface area contributed by atoms with Crippen LogP contribution in [0, 0.1) is 6.92 Å². The van der Waals surface area contributed by atoms with Crippen LogP contribution in [0.2, 0.25) is 0 Å². The van der Waals surface area contributed by atoms with Gasteiger partial charge in [0.05, 0.1) is 5.39 Å². The maximum absolute atomic E-state index is 11.0. The molecular weight excluding hydrogens is 282 g/mol. The molecule has 0 saturated carbocycles. The molecular formula is C11H17N5OS2. The summed E-state index contributed by atoms with van der Waals surface area (Å²) in [6, 6.07) is 2.06. The number of nitrogens with two attached hydrogens (primary N) is 1. The lowest BCUT2D eigenvalue weighted by Crippen LogP contribution is -2.13. The Hall–Kier alpha value is -1.25. The molecule has 0 amide bonds. The summed E-state index contributed by atoms with van der Waals surface area (Å²) >= 11 is 1.60. The second kappa shape index (κ2) is 6.27. The largest absolute Gasteiger partial charge is 0.369 e.